The zero-order chi connectivity index (χ0) is 22.1. The van der Waals surface area contributed by atoms with Gasteiger partial charge in [0.15, 0.2) is 0 Å². The molecule has 0 spiro atoms. The quantitative estimate of drug-likeness (QED) is 0.531. The summed E-state index contributed by atoms with van der Waals surface area (Å²) < 4.78 is 11.5. The smallest absolute Gasteiger partial charge is 0.251 e. The van der Waals surface area contributed by atoms with Crippen LogP contribution in [0.2, 0.25) is 0 Å². The fraction of sp³-hybridized carbons (Fsp3) is 0.208. The van der Waals surface area contributed by atoms with E-state index in [1.54, 1.807) is 36.5 Å². The average Bonchev–Trinajstić information content (AvgIpc) is 2.77. The molecular weight excluding hydrogens is 394 g/mol. The van der Waals surface area contributed by atoms with Crippen molar-refractivity contribution in [2.45, 2.75) is 26.8 Å². The Balaban J connectivity index is 1.64. The topological polar surface area (TPSA) is 89.6 Å². The summed E-state index contributed by atoms with van der Waals surface area (Å²) in [5.74, 6) is 1.36. The molecule has 0 aliphatic heterocycles. The third-order valence-corrected chi connectivity index (χ3v) is 4.25. The molecule has 7 heteroatoms. The molecule has 0 aliphatic rings. The number of hydrogen-bond acceptors (Lipinski definition) is 5. The van der Waals surface area contributed by atoms with Crippen molar-refractivity contribution in [3.05, 3.63) is 78.0 Å². The molecule has 0 saturated carbocycles. The Morgan fingerprint density at radius 2 is 1.77 bits per heavy atom. The Morgan fingerprint density at radius 3 is 2.52 bits per heavy atom. The van der Waals surface area contributed by atoms with Gasteiger partial charge in [-0.25, -0.2) is 4.98 Å². The van der Waals surface area contributed by atoms with Crippen LogP contribution < -0.4 is 20.1 Å². The van der Waals surface area contributed by atoms with Crippen molar-refractivity contribution in [3.8, 4) is 17.4 Å². The molecule has 2 amide bonds. The monoisotopic (exact) mass is 419 g/mol. The number of nitrogens with zero attached hydrogens (tertiary/aromatic N) is 1. The highest BCUT2D eigenvalue weighted by Gasteiger charge is 2.11. The molecule has 0 aliphatic carbocycles. The standard InChI is InChI=1S/C24H25N3O4/c1-3-14-30-21-9-11-22(12-10-21)31-24-19(7-5-13-25-24)16-26-23(29)18-6-4-8-20(15-18)27-17(2)28/h4-13,15H,3,14,16H2,1-2H3,(H,26,29)(H,27,28). The van der Waals surface area contributed by atoms with Gasteiger partial charge in [0, 0.05) is 36.5 Å². The van der Waals surface area contributed by atoms with Gasteiger partial charge in [0.2, 0.25) is 11.8 Å². The molecule has 31 heavy (non-hydrogen) atoms. The third-order valence-electron chi connectivity index (χ3n) is 4.25. The second-order valence-corrected chi connectivity index (χ2v) is 6.83. The Morgan fingerprint density at radius 1 is 1.00 bits per heavy atom. The van der Waals surface area contributed by atoms with Crippen LogP contribution in [0.4, 0.5) is 5.69 Å². The molecule has 1 aromatic heterocycles. The number of nitrogens with one attached hydrogen (secondary N) is 2. The van der Waals surface area contributed by atoms with Crippen LogP contribution in [0.15, 0.2) is 66.9 Å². The van der Waals surface area contributed by atoms with Crippen molar-refractivity contribution in [1.29, 1.82) is 0 Å². The van der Waals surface area contributed by atoms with E-state index in [1.807, 2.05) is 30.3 Å². The first kappa shape index (κ1) is 21.8. The summed E-state index contributed by atoms with van der Waals surface area (Å²) in [6.45, 7) is 4.38. The van der Waals surface area contributed by atoms with Crippen molar-refractivity contribution >= 4 is 17.5 Å². The number of hydrogen-bond donors (Lipinski definition) is 2. The normalized spacial score (nSPS) is 10.3. The molecule has 2 aromatic carbocycles. The van der Waals surface area contributed by atoms with Gasteiger partial charge in [0.25, 0.3) is 5.91 Å². The maximum atomic E-state index is 12.6. The Hall–Kier alpha value is -3.87. The van der Waals surface area contributed by atoms with Crippen molar-refractivity contribution in [2.75, 3.05) is 11.9 Å². The fourth-order valence-electron chi connectivity index (χ4n) is 2.81. The highest BCUT2D eigenvalue weighted by atomic mass is 16.5. The van der Waals surface area contributed by atoms with Crippen LogP contribution in [0.3, 0.4) is 0 Å². The maximum Gasteiger partial charge on any atom is 0.251 e. The van der Waals surface area contributed by atoms with E-state index in [4.69, 9.17) is 9.47 Å². The Bertz CT molecular complexity index is 1040. The van der Waals surface area contributed by atoms with E-state index < -0.39 is 0 Å². The van der Waals surface area contributed by atoms with Crippen molar-refractivity contribution in [3.63, 3.8) is 0 Å². The lowest BCUT2D eigenvalue weighted by Crippen LogP contribution is -2.23. The summed E-state index contributed by atoms with van der Waals surface area (Å²) in [5.41, 5.74) is 1.75. The first-order valence-corrected chi connectivity index (χ1v) is 10.1. The predicted molar refractivity (Wildman–Crippen MR) is 118 cm³/mol. The van der Waals surface area contributed by atoms with Crippen LogP contribution in [0, 0.1) is 0 Å². The van der Waals surface area contributed by atoms with E-state index in [0.29, 0.717) is 29.5 Å². The van der Waals surface area contributed by atoms with Crippen LogP contribution >= 0.6 is 0 Å². The van der Waals surface area contributed by atoms with Crippen molar-refractivity contribution < 1.29 is 19.1 Å². The third kappa shape index (κ3) is 6.57. The molecule has 2 N–H and O–H groups in total. The zero-order valence-corrected chi connectivity index (χ0v) is 17.6. The van der Waals surface area contributed by atoms with E-state index >= 15 is 0 Å². The van der Waals surface area contributed by atoms with Gasteiger partial charge >= 0.3 is 0 Å². The summed E-state index contributed by atoms with van der Waals surface area (Å²) in [4.78, 5) is 28.1. The zero-order valence-electron chi connectivity index (χ0n) is 17.6. The van der Waals surface area contributed by atoms with E-state index in [2.05, 4.69) is 22.5 Å². The van der Waals surface area contributed by atoms with E-state index in [-0.39, 0.29) is 18.4 Å². The number of ether oxygens (including phenoxy) is 2. The minimum atomic E-state index is -0.264. The van der Waals surface area contributed by atoms with Gasteiger partial charge in [0.05, 0.1) is 6.61 Å². The van der Waals surface area contributed by atoms with Crippen LogP contribution in [-0.4, -0.2) is 23.4 Å². The number of benzene rings is 2. The van der Waals surface area contributed by atoms with Gasteiger partial charge in [-0.15, -0.1) is 0 Å². The largest absolute Gasteiger partial charge is 0.494 e. The number of amides is 2. The highest BCUT2D eigenvalue weighted by Crippen LogP contribution is 2.25. The molecule has 7 nitrogen and oxygen atoms in total. The Kier molecular flexibility index (Phi) is 7.59. The maximum absolute atomic E-state index is 12.6. The summed E-state index contributed by atoms with van der Waals surface area (Å²) in [7, 11) is 0. The van der Waals surface area contributed by atoms with Gasteiger partial charge in [-0.1, -0.05) is 19.1 Å². The summed E-state index contributed by atoms with van der Waals surface area (Å²) in [6, 6.07) is 17.7. The van der Waals surface area contributed by atoms with E-state index in [1.165, 1.54) is 6.92 Å². The van der Waals surface area contributed by atoms with Crippen molar-refractivity contribution in [2.24, 2.45) is 0 Å². The van der Waals surface area contributed by atoms with E-state index in [9.17, 15) is 9.59 Å². The van der Waals surface area contributed by atoms with Gasteiger partial charge in [-0.05, 0) is 55.0 Å². The Labute approximate surface area is 181 Å². The van der Waals surface area contributed by atoms with Crippen LogP contribution in [-0.2, 0) is 11.3 Å². The minimum absolute atomic E-state index is 0.195. The number of carbonyl (C=O) groups is 2. The van der Waals surface area contributed by atoms with Gasteiger partial charge in [0.1, 0.15) is 11.5 Å². The van der Waals surface area contributed by atoms with Crippen LogP contribution in [0.1, 0.15) is 36.2 Å². The molecule has 3 aromatic rings. The molecule has 160 valence electrons. The molecule has 0 saturated heterocycles. The highest BCUT2D eigenvalue weighted by molar-refractivity contribution is 5.96. The molecule has 0 fully saturated rings. The second kappa shape index (κ2) is 10.8. The van der Waals surface area contributed by atoms with Crippen LogP contribution in [0.25, 0.3) is 0 Å². The number of rotatable bonds is 9. The summed E-state index contributed by atoms with van der Waals surface area (Å²) >= 11 is 0. The number of anilines is 1. The number of pyridine rings is 1. The molecule has 0 atom stereocenters. The molecular formula is C24H25N3O4. The minimum Gasteiger partial charge on any atom is -0.494 e. The predicted octanol–water partition coefficient (Wildman–Crippen LogP) is 4.55. The molecule has 1 heterocycles. The van der Waals surface area contributed by atoms with Gasteiger partial charge < -0.3 is 20.1 Å². The molecule has 3 rings (SSSR count). The molecule has 0 unspecified atom stereocenters. The lowest BCUT2D eigenvalue weighted by Gasteiger charge is -2.12. The molecule has 0 radical (unpaired) electrons. The average molecular weight is 419 g/mol. The SMILES string of the molecule is CCCOc1ccc(Oc2ncccc2CNC(=O)c2cccc(NC(C)=O)c2)cc1. The first-order valence-electron chi connectivity index (χ1n) is 10.1. The number of aromatic nitrogens is 1. The fourth-order valence-corrected chi connectivity index (χ4v) is 2.81. The second-order valence-electron chi connectivity index (χ2n) is 6.83. The van der Waals surface area contributed by atoms with Gasteiger partial charge in [-0.3, -0.25) is 9.59 Å². The van der Waals surface area contributed by atoms with E-state index in [0.717, 1.165) is 17.7 Å². The van der Waals surface area contributed by atoms with Gasteiger partial charge in [-0.2, -0.15) is 0 Å². The van der Waals surface area contributed by atoms with Crippen molar-refractivity contribution in [1.82, 2.24) is 10.3 Å². The first-order chi connectivity index (χ1) is 15.0. The summed E-state index contributed by atoms with van der Waals surface area (Å²) in [6.07, 6.45) is 2.58. The number of carbonyl (C=O) groups excluding carboxylic acids is 2. The molecule has 0 bridgehead atoms. The van der Waals surface area contributed by atoms with Crippen LogP contribution in [0.5, 0.6) is 17.4 Å². The lowest BCUT2D eigenvalue weighted by molar-refractivity contribution is -0.114. The summed E-state index contributed by atoms with van der Waals surface area (Å²) in [5, 5.41) is 5.53. The lowest BCUT2D eigenvalue weighted by atomic mass is 10.1.